The summed E-state index contributed by atoms with van der Waals surface area (Å²) in [5.41, 5.74) is 1.08. The molecule has 0 saturated carbocycles. The summed E-state index contributed by atoms with van der Waals surface area (Å²) >= 11 is 0. The summed E-state index contributed by atoms with van der Waals surface area (Å²) in [6.45, 7) is 17.0. The van der Waals surface area contributed by atoms with Crippen molar-refractivity contribution in [1.82, 2.24) is 0 Å². The topological polar surface area (TPSA) is 72.5 Å². The molecule has 1 aromatic carbocycles. The standard InChI is InChI=1S/C28H45O7PSi/c1-21(11-14-26-18-25-10-9-17-32-36(29,34-25)35-26)27(22(2)19-33-37(7,8)28(3,4)5)31-20-23-12-15-24(30-6)16-13-23/h9-16,21-22,25-27H,17-20H2,1-8H3/b14-11+/t21-,22-,25+,26+,27+,36-/m1/s1. The number of phosphoric acid groups is 1. The first kappa shape index (κ1) is 30.3. The summed E-state index contributed by atoms with van der Waals surface area (Å²) in [7, 11) is -3.77. The molecule has 208 valence electrons. The molecule has 3 rings (SSSR count). The number of rotatable bonds is 11. The Balaban J connectivity index is 1.70. The number of phosphoric ester groups is 1. The molecular weight excluding hydrogens is 507 g/mol. The van der Waals surface area contributed by atoms with Gasteiger partial charge in [0.2, 0.25) is 0 Å². The quantitative estimate of drug-likeness (QED) is 0.162. The van der Waals surface area contributed by atoms with Crippen molar-refractivity contribution in [1.29, 1.82) is 0 Å². The van der Waals surface area contributed by atoms with E-state index >= 15 is 0 Å². The SMILES string of the molecule is COc1ccc(CO[C@@H]([C@H](C)/C=C/[C@H]2C[C@@H]3C=CCO[P@](=O)(O3)O2)[C@H](C)CO[Si](C)(C)C(C)(C)C)cc1. The lowest BCUT2D eigenvalue weighted by Crippen LogP contribution is -2.43. The molecule has 6 atom stereocenters. The Labute approximate surface area is 224 Å². The number of hydrogen-bond donors (Lipinski definition) is 0. The fourth-order valence-corrected chi connectivity index (χ4v) is 6.64. The van der Waals surface area contributed by atoms with Crippen LogP contribution in [0.1, 0.15) is 46.6 Å². The molecule has 0 aromatic heterocycles. The van der Waals surface area contributed by atoms with Crippen molar-refractivity contribution in [3.63, 3.8) is 0 Å². The van der Waals surface area contributed by atoms with Crippen molar-refractivity contribution >= 4 is 16.1 Å². The molecule has 2 heterocycles. The van der Waals surface area contributed by atoms with Crippen molar-refractivity contribution in [2.24, 2.45) is 11.8 Å². The summed E-state index contributed by atoms with van der Waals surface area (Å²) in [6, 6.07) is 7.94. The molecule has 1 aromatic rings. The molecule has 0 radical (unpaired) electrons. The van der Waals surface area contributed by atoms with Gasteiger partial charge in [0.1, 0.15) is 5.75 Å². The molecule has 0 unspecified atom stereocenters. The molecule has 1 fully saturated rings. The van der Waals surface area contributed by atoms with Gasteiger partial charge in [-0.3, -0.25) is 13.6 Å². The fourth-order valence-electron chi connectivity index (χ4n) is 4.11. The molecule has 2 bridgehead atoms. The van der Waals surface area contributed by atoms with Gasteiger partial charge in [0.15, 0.2) is 8.32 Å². The van der Waals surface area contributed by atoms with Crippen LogP contribution >= 0.6 is 7.82 Å². The van der Waals surface area contributed by atoms with Gasteiger partial charge >= 0.3 is 7.82 Å². The zero-order chi connectivity index (χ0) is 27.3. The molecule has 0 N–H and O–H groups in total. The summed E-state index contributed by atoms with van der Waals surface area (Å²) < 4.78 is 47.6. The van der Waals surface area contributed by atoms with Crippen LogP contribution in [0, 0.1) is 11.8 Å². The van der Waals surface area contributed by atoms with Crippen LogP contribution in [0.5, 0.6) is 5.75 Å². The summed E-state index contributed by atoms with van der Waals surface area (Å²) in [5, 5.41) is 0.142. The van der Waals surface area contributed by atoms with E-state index in [1.165, 1.54) is 0 Å². The smallest absolute Gasteiger partial charge is 0.476 e. The van der Waals surface area contributed by atoms with Crippen molar-refractivity contribution < 1.29 is 32.0 Å². The Hall–Kier alpha value is -1.25. The highest BCUT2D eigenvalue weighted by molar-refractivity contribution is 7.48. The van der Waals surface area contributed by atoms with Gasteiger partial charge in [0, 0.05) is 24.9 Å². The summed E-state index contributed by atoms with van der Waals surface area (Å²) in [6.07, 6.45) is 7.68. The molecule has 0 spiro atoms. The maximum atomic E-state index is 12.8. The Morgan fingerprint density at radius 2 is 1.86 bits per heavy atom. The maximum Gasteiger partial charge on any atom is 0.476 e. The number of ether oxygens (including phenoxy) is 2. The molecule has 2 aliphatic heterocycles. The summed E-state index contributed by atoms with van der Waals surface area (Å²) in [4.78, 5) is 0. The Morgan fingerprint density at radius 1 is 1.16 bits per heavy atom. The molecule has 2 aliphatic rings. The minimum absolute atomic E-state index is 0.0714. The fraction of sp³-hybridized carbons (Fsp3) is 0.643. The first-order valence-corrected chi connectivity index (χ1v) is 17.5. The molecule has 0 aliphatic carbocycles. The van der Waals surface area contributed by atoms with Crippen LogP contribution in [0.4, 0.5) is 0 Å². The minimum Gasteiger partial charge on any atom is -0.497 e. The van der Waals surface area contributed by atoms with E-state index in [4.69, 9.17) is 27.5 Å². The van der Waals surface area contributed by atoms with Crippen molar-refractivity contribution in [3.8, 4) is 5.75 Å². The average molecular weight is 553 g/mol. The van der Waals surface area contributed by atoms with Crippen LogP contribution in [0.25, 0.3) is 0 Å². The van der Waals surface area contributed by atoms with E-state index in [-0.39, 0.29) is 41.8 Å². The highest BCUT2D eigenvalue weighted by atomic mass is 31.2. The Kier molecular flexibility index (Phi) is 10.4. The predicted molar refractivity (Wildman–Crippen MR) is 149 cm³/mol. The number of benzene rings is 1. The summed E-state index contributed by atoms with van der Waals surface area (Å²) in [5.74, 6) is 1.06. The molecule has 37 heavy (non-hydrogen) atoms. The third kappa shape index (κ3) is 8.62. The highest BCUT2D eigenvalue weighted by Crippen LogP contribution is 2.56. The van der Waals surface area contributed by atoms with Gasteiger partial charge < -0.3 is 13.9 Å². The third-order valence-corrected chi connectivity index (χ3v) is 13.5. The lowest BCUT2D eigenvalue weighted by molar-refractivity contribution is -0.0296. The lowest BCUT2D eigenvalue weighted by atomic mass is 9.92. The van der Waals surface area contributed by atoms with Gasteiger partial charge in [-0.2, -0.15) is 0 Å². The van der Waals surface area contributed by atoms with E-state index in [2.05, 4.69) is 53.8 Å². The molecule has 9 heteroatoms. The second-order valence-electron chi connectivity index (χ2n) is 11.6. The number of hydrogen-bond acceptors (Lipinski definition) is 7. The van der Waals surface area contributed by atoms with Crippen LogP contribution in [0.3, 0.4) is 0 Å². The van der Waals surface area contributed by atoms with E-state index in [1.807, 2.05) is 42.5 Å². The zero-order valence-electron chi connectivity index (χ0n) is 23.6. The Morgan fingerprint density at radius 3 is 2.51 bits per heavy atom. The Bertz CT molecular complexity index is 970. The molecular formula is C28H45O7PSi. The second-order valence-corrected chi connectivity index (χ2v) is 18.0. The zero-order valence-corrected chi connectivity index (χ0v) is 25.5. The van der Waals surface area contributed by atoms with Crippen LogP contribution in [-0.4, -0.2) is 47.0 Å². The number of methoxy groups -OCH3 is 1. The number of fused-ring (bicyclic) bond motifs is 2. The van der Waals surface area contributed by atoms with Crippen molar-refractivity contribution in [2.45, 2.75) is 84.1 Å². The molecule has 1 saturated heterocycles. The predicted octanol–water partition coefficient (Wildman–Crippen LogP) is 7.30. The van der Waals surface area contributed by atoms with E-state index in [9.17, 15) is 4.57 Å². The van der Waals surface area contributed by atoms with Crippen LogP contribution in [0.15, 0.2) is 48.6 Å². The second kappa shape index (κ2) is 12.7. The highest BCUT2D eigenvalue weighted by Gasteiger charge is 2.40. The maximum absolute atomic E-state index is 12.8. The van der Waals surface area contributed by atoms with Gasteiger partial charge in [-0.25, -0.2) is 4.57 Å². The van der Waals surface area contributed by atoms with Crippen LogP contribution in [-0.2, 0) is 33.9 Å². The largest absolute Gasteiger partial charge is 0.497 e. The van der Waals surface area contributed by atoms with Gasteiger partial charge in [-0.1, -0.05) is 71.1 Å². The van der Waals surface area contributed by atoms with E-state index in [1.54, 1.807) is 7.11 Å². The van der Waals surface area contributed by atoms with E-state index < -0.39 is 16.1 Å². The van der Waals surface area contributed by atoms with E-state index in [0.29, 0.717) is 19.6 Å². The van der Waals surface area contributed by atoms with Crippen molar-refractivity contribution in [3.05, 3.63) is 54.1 Å². The normalized spacial score (nSPS) is 27.0. The monoisotopic (exact) mass is 552 g/mol. The van der Waals surface area contributed by atoms with Crippen LogP contribution in [0.2, 0.25) is 18.1 Å². The minimum atomic E-state index is -3.54. The van der Waals surface area contributed by atoms with Crippen molar-refractivity contribution in [2.75, 3.05) is 20.3 Å². The first-order valence-electron chi connectivity index (χ1n) is 13.2. The van der Waals surface area contributed by atoms with Gasteiger partial charge in [-0.05, 0) is 35.8 Å². The van der Waals surface area contributed by atoms with Gasteiger partial charge in [0.25, 0.3) is 0 Å². The van der Waals surface area contributed by atoms with E-state index in [0.717, 1.165) is 11.3 Å². The average Bonchev–Trinajstić information content (AvgIpc) is 2.97. The van der Waals surface area contributed by atoms with Gasteiger partial charge in [-0.15, -0.1) is 0 Å². The molecule has 0 amide bonds. The van der Waals surface area contributed by atoms with Crippen LogP contribution < -0.4 is 4.74 Å². The lowest BCUT2D eigenvalue weighted by Gasteiger charge is -2.38. The van der Waals surface area contributed by atoms with Gasteiger partial charge in [0.05, 0.1) is 38.6 Å². The first-order chi connectivity index (χ1) is 17.3. The third-order valence-electron chi connectivity index (χ3n) is 7.50. The molecule has 7 nitrogen and oxygen atoms in total.